The maximum absolute atomic E-state index is 12.6. The molecule has 35 heavy (non-hydrogen) atoms. The molecule has 182 valence electrons. The number of carbonyl (C=O) groups is 2. The predicted molar refractivity (Wildman–Crippen MR) is 129 cm³/mol. The van der Waals surface area contributed by atoms with Crippen LogP contribution in [0.4, 0.5) is 0 Å². The Morgan fingerprint density at radius 2 is 1.37 bits per heavy atom. The van der Waals surface area contributed by atoms with Crippen molar-refractivity contribution in [2.75, 3.05) is 26.4 Å². The lowest BCUT2D eigenvalue weighted by Gasteiger charge is -2.09. The first kappa shape index (κ1) is 23.3. The SMILES string of the molecule is O=C(OCCCCC1CO1)c1ccc2cc(OC(=O)c3ccc(OCCC4CO4)cc3)ccc2c1. The van der Waals surface area contributed by atoms with Gasteiger partial charge >= 0.3 is 11.9 Å². The van der Waals surface area contributed by atoms with E-state index in [-0.39, 0.29) is 5.97 Å². The van der Waals surface area contributed by atoms with Crippen LogP contribution in [0.25, 0.3) is 10.8 Å². The monoisotopic (exact) mass is 476 g/mol. The van der Waals surface area contributed by atoms with E-state index >= 15 is 0 Å². The number of benzene rings is 3. The van der Waals surface area contributed by atoms with Crippen molar-refractivity contribution in [2.45, 2.75) is 37.9 Å². The summed E-state index contributed by atoms with van der Waals surface area (Å²) in [5, 5.41) is 1.72. The van der Waals surface area contributed by atoms with Crippen LogP contribution >= 0.6 is 0 Å². The highest BCUT2D eigenvalue weighted by molar-refractivity contribution is 5.96. The molecule has 7 nitrogen and oxygen atoms in total. The molecule has 2 aliphatic heterocycles. The standard InChI is InChI=1S/C28H28O7/c29-27(32-13-2-1-3-25-17-33-25)22-5-4-21-16-24(11-8-20(21)15-22)35-28(30)19-6-9-23(10-7-19)31-14-12-26-18-34-26/h4-11,15-16,25-26H,1-3,12-14,17-18H2. The quantitative estimate of drug-likeness (QED) is 0.158. The minimum atomic E-state index is -0.448. The second kappa shape index (κ2) is 10.9. The van der Waals surface area contributed by atoms with Crippen LogP contribution in [0.2, 0.25) is 0 Å². The van der Waals surface area contributed by atoms with Gasteiger partial charge in [-0.3, -0.25) is 0 Å². The van der Waals surface area contributed by atoms with Crippen molar-refractivity contribution in [1.82, 2.24) is 0 Å². The minimum absolute atomic E-state index is 0.328. The van der Waals surface area contributed by atoms with Gasteiger partial charge in [0.15, 0.2) is 0 Å². The molecule has 3 aromatic carbocycles. The summed E-state index contributed by atoms with van der Waals surface area (Å²) in [7, 11) is 0. The fourth-order valence-corrected chi connectivity index (χ4v) is 3.77. The average molecular weight is 477 g/mol. The van der Waals surface area contributed by atoms with E-state index in [0.717, 1.165) is 49.7 Å². The molecule has 0 N–H and O–H groups in total. The van der Waals surface area contributed by atoms with E-state index < -0.39 is 5.97 Å². The highest BCUT2D eigenvalue weighted by atomic mass is 16.6. The molecule has 0 saturated carbocycles. The molecule has 2 heterocycles. The molecule has 0 aliphatic carbocycles. The molecule has 5 rings (SSSR count). The molecule has 2 saturated heterocycles. The van der Waals surface area contributed by atoms with Gasteiger partial charge in [0.25, 0.3) is 0 Å². The summed E-state index contributed by atoms with van der Waals surface area (Å²) >= 11 is 0. The van der Waals surface area contributed by atoms with Crippen molar-refractivity contribution in [3.8, 4) is 11.5 Å². The summed E-state index contributed by atoms with van der Waals surface area (Å²) in [5.41, 5.74) is 0.936. The van der Waals surface area contributed by atoms with Crippen molar-refractivity contribution in [3.05, 3.63) is 71.8 Å². The van der Waals surface area contributed by atoms with Crippen molar-refractivity contribution >= 4 is 22.7 Å². The number of rotatable bonds is 12. The van der Waals surface area contributed by atoms with Gasteiger partial charge in [0.2, 0.25) is 0 Å². The second-order valence-corrected chi connectivity index (χ2v) is 8.82. The Labute approximate surface area is 203 Å². The molecule has 3 aromatic rings. The number of ether oxygens (including phenoxy) is 5. The average Bonchev–Trinajstić information content (AvgIpc) is 3.80. The van der Waals surface area contributed by atoms with Crippen LogP contribution in [0.5, 0.6) is 11.5 Å². The predicted octanol–water partition coefficient (Wildman–Crippen LogP) is 4.95. The third-order valence-corrected chi connectivity index (χ3v) is 6.01. The van der Waals surface area contributed by atoms with E-state index in [2.05, 4.69) is 0 Å². The first-order valence-electron chi connectivity index (χ1n) is 12.0. The van der Waals surface area contributed by atoms with Crippen molar-refractivity contribution < 1.29 is 33.3 Å². The van der Waals surface area contributed by atoms with Crippen LogP contribution in [0, 0.1) is 0 Å². The highest BCUT2D eigenvalue weighted by Gasteiger charge is 2.22. The highest BCUT2D eigenvalue weighted by Crippen LogP contribution is 2.24. The molecule has 7 heteroatoms. The Balaban J connectivity index is 1.13. The van der Waals surface area contributed by atoms with E-state index in [4.69, 9.17) is 23.7 Å². The van der Waals surface area contributed by atoms with E-state index in [0.29, 0.717) is 48.0 Å². The second-order valence-electron chi connectivity index (χ2n) is 8.82. The van der Waals surface area contributed by atoms with Gasteiger partial charge in [-0.25, -0.2) is 9.59 Å². The Bertz CT molecular complexity index is 1180. The zero-order valence-corrected chi connectivity index (χ0v) is 19.4. The molecular formula is C28H28O7. The first-order valence-corrected chi connectivity index (χ1v) is 12.0. The fourth-order valence-electron chi connectivity index (χ4n) is 3.77. The topological polar surface area (TPSA) is 86.9 Å². The summed E-state index contributed by atoms with van der Waals surface area (Å²) in [6, 6.07) is 17.5. The number of carbonyl (C=O) groups excluding carboxylic acids is 2. The normalized spacial score (nSPS) is 18.2. The molecule has 0 bridgehead atoms. The first-order chi connectivity index (χ1) is 17.1. The number of fused-ring (bicyclic) bond motifs is 1. The summed E-state index contributed by atoms with van der Waals surface area (Å²) < 4.78 is 26.9. The van der Waals surface area contributed by atoms with E-state index in [1.807, 2.05) is 12.1 Å². The molecule has 0 radical (unpaired) electrons. The number of epoxide rings is 2. The van der Waals surface area contributed by atoms with Gasteiger partial charge in [-0.1, -0.05) is 12.1 Å². The lowest BCUT2D eigenvalue weighted by molar-refractivity contribution is 0.0497. The van der Waals surface area contributed by atoms with E-state index in [1.165, 1.54) is 0 Å². The fraction of sp³-hybridized carbons (Fsp3) is 0.357. The van der Waals surface area contributed by atoms with E-state index in [9.17, 15) is 9.59 Å². The molecule has 2 atom stereocenters. The molecule has 0 aromatic heterocycles. The molecule has 0 spiro atoms. The van der Waals surface area contributed by atoms with Crippen LogP contribution in [0.3, 0.4) is 0 Å². The van der Waals surface area contributed by atoms with Crippen LogP contribution in [0.15, 0.2) is 60.7 Å². The summed E-state index contributed by atoms with van der Waals surface area (Å²) in [6.45, 7) is 2.66. The van der Waals surface area contributed by atoms with Gasteiger partial charge in [0, 0.05) is 6.42 Å². The maximum Gasteiger partial charge on any atom is 0.343 e. The number of esters is 2. The number of hydrogen-bond acceptors (Lipinski definition) is 7. The number of unbranched alkanes of at least 4 members (excludes halogenated alkanes) is 1. The Hall–Kier alpha value is -3.42. The van der Waals surface area contributed by atoms with Crippen LogP contribution in [-0.4, -0.2) is 50.6 Å². The Morgan fingerprint density at radius 1 is 0.714 bits per heavy atom. The Kier molecular flexibility index (Phi) is 7.25. The third-order valence-electron chi connectivity index (χ3n) is 6.01. The van der Waals surface area contributed by atoms with Gasteiger partial charge in [-0.15, -0.1) is 0 Å². The lowest BCUT2D eigenvalue weighted by Crippen LogP contribution is -2.08. The van der Waals surface area contributed by atoms with Crippen molar-refractivity contribution in [1.29, 1.82) is 0 Å². The Morgan fingerprint density at radius 3 is 2.14 bits per heavy atom. The zero-order valence-electron chi connectivity index (χ0n) is 19.4. The van der Waals surface area contributed by atoms with E-state index in [1.54, 1.807) is 48.5 Å². The largest absolute Gasteiger partial charge is 0.493 e. The summed E-state index contributed by atoms with van der Waals surface area (Å²) in [5.74, 6) is 0.353. The van der Waals surface area contributed by atoms with Gasteiger partial charge in [0.05, 0.1) is 49.8 Å². The number of hydrogen-bond donors (Lipinski definition) is 0. The van der Waals surface area contributed by atoms with Crippen molar-refractivity contribution in [3.63, 3.8) is 0 Å². The smallest absolute Gasteiger partial charge is 0.343 e. The van der Waals surface area contributed by atoms with Gasteiger partial charge < -0.3 is 23.7 Å². The van der Waals surface area contributed by atoms with Crippen LogP contribution in [0.1, 0.15) is 46.4 Å². The minimum Gasteiger partial charge on any atom is -0.493 e. The van der Waals surface area contributed by atoms with Gasteiger partial charge in [0.1, 0.15) is 11.5 Å². The third kappa shape index (κ3) is 6.81. The molecule has 2 aliphatic rings. The molecular weight excluding hydrogens is 448 g/mol. The lowest BCUT2D eigenvalue weighted by atomic mass is 10.1. The van der Waals surface area contributed by atoms with Gasteiger partial charge in [-0.2, -0.15) is 0 Å². The zero-order chi connectivity index (χ0) is 24.0. The van der Waals surface area contributed by atoms with Crippen LogP contribution in [-0.2, 0) is 14.2 Å². The van der Waals surface area contributed by atoms with Crippen molar-refractivity contribution in [2.24, 2.45) is 0 Å². The van der Waals surface area contributed by atoms with Gasteiger partial charge in [-0.05, 0) is 78.6 Å². The summed E-state index contributed by atoms with van der Waals surface area (Å²) in [4.78, 5) is 24.9. The molecule has 0 amide bonds. The summed E-state index contributed by atoms with van der Waals surface area (Å²) in [6.07, 6.45) is 4.45. The molecule has 2 unspecified atom stereocenters. The molecule has 2 fully saturated rings. The maximum atomic E-state index is 12.6. The van der Waals surface area contributed by atoms with Crippen LogP contribution < -0.4 is 9.47 Å².